The van der Waals surface area contributed by atoms with E-state index in [4.69, 9.17) is 9.47 Å². The van der Waals surface area contributed by atoms with E-state index in [0.717, 1.165) is 53.7 Å². The van der Waals surface area contributed by atoms with Crippen molar-refractivity contribution in [1.82, 2.24) is 15.3 Å². The van der Waals surface area contributed by atoms with Crippen LogP contribution in [0.4, 0.5) is 5.69 Å². The molecule has 0 radical (unpaired) electrons. The van der Waals surface area contributed by atoms with Crippen molar-refractivity contribution in [3.63, 3.8) is 0 Å². The minimum atomic E-state index is -0.0848. The molecule has 1 aromatic carbocycles. The Kier molecular flexibility index (Phi) is 7.03. The van der Waals surface area contributed by atoms with Gasteiger partial charge in [-0.05, 0) is 62.3 Å². The predicted octanol–water partition coefficient (Wildman–Crippen LogP) is 4.44. The van der Waals surface area contributed by atoms with Crippen molar-refractivity contribution < 1.29 is 19.1 Å². The van der Waals surface area contributed by atoms with Gasteiger partial charge in [0.2, 0.25) is 11.8 Å². The Morgan fingerprint density at radius 1 is 1.14 bits per heavy atom. The lowest BCUT2D eigenvalue weighted by atomic mass is 9.84. The molecule has 182 valence electrons. The Hall–Kier alpha value is -3.33. The lowest BCUT2D eigenvalue weighted by molar-refractivity contribution is -0.113. The van der Waals surface area contributed by atoms with Gasteiger partial charge in [0.25, 0.3) is 5.91 Å². The summed E-state index contributed by atoms with van der Waals surface area (Å²) >= 11 is 1.49. The molecule has 3 aromatic rings. The van der Waals surface area contributed by atoms with E-state index in [1.165, 1.54) is 11.8 Å². The number of rotatable bonds is 7. The highest BCUT2D eigenvalue weighted by molar-refractivity contribution is 8.00. The van der Waals surface area contributed by atoms with E-state index < -0.39 is 0 Å². The van der Waals surface area contributed by atoms with Gasteiger partial charge >= 0.3 is 0 Å². The standard InChI is InChI=1S/C26H28N4O4S/c1-33-25-9-7-20-21(30-25)13-19(14-27-20)34-11-10-16-2-5-18(6-3-16)28-26(32)17-4-8-23-22(12-17)29-24(31)15-35-23/h4,7-9,12-14,16,18H,2-3,5-6,10-11,15H2,1H3,(H,28,32)(H,29,31)/t16-,18-. The zero-order valence-corrected chi connectivity index (χ0v) is 20.4. The number of hydrogen-bond acceptors (Lipinski definition) is 7. The van der Waals surface area contributed by atoms with Gasteiger partial charge in [-0.15, -0.1) is 11.8 Å². The number of thioether (sulfide) groups is 1. The fourth-order valence-electron chi connectivity index (χ4n) is 4.59. The first-order valence-electron chi connectivity index (χ1n) is 11.9. The summed E-state index contributed by atoms with van der Waals surface area (Å²) < 4.78 is 11.1. The summed E-state index contributed by atoms with van der Waals surface area (Å²) in [5, 5.41) is 6.01. The average Bonchev–Trinajstić information content (AvgIpc) is 2.88. The Morgan fingerprint density at radius 3 is 2.83 bits per heavy atom. The van der Waals surface area contributed by atoms with E-state index in [1.54, 1.807) is 25.4 Å². The van der Waals surface area contributed by atoms with Crippen molar-refractivity contribution in [2.24, 2.45) is 5.92 Å². The number of anilines is 1. The molecular weight excluding hydrogens is 464 g/mol. The fraction of sp³-hybridized carbons (Fsp3) is 0.385. The van der Waals surface area contributed by atoms with Gasteiger partial charge < -0.3 is 20.1 Å². The second-order valence-corrected chi connectivity index (χ2v) is 9.96. The predicted molar refractivity (Wildman–Crippen MR) is 135 cm³/mol. The third-order valence-electron chi connectivity index (χ3n) is 6.55. The van der Waals surface area contributed by atoms with E-state index >= 15 is 0 Å². The fourth-order valence-corrected chi connectivity index (χ4v) is 5.38. The largest absolute Gasteiger partial charge is 0.492 e. The number of carbonyl (C=O) groups is 2. The number of pyridine rings is 2. The first-order valence-corrected chi connectivity index (χ1v) is 12.9. The van der Waals surface area contributed by atoms with Crippen LogP contribution >= 0.6 is 11.8 Å². The van der Waals surface area contributed by atoms with Gasteiger partial charge in [-0.1, -0.05) is 0 Å². The van der Waals surface area contributed by atoms with Crippen molar-refractivity contribution in [2.75, 3.05) is 24.8 Å². The Labute approximate surface area is 208 Å². The maximum absolute atomic E-state index is 12.8. The highest BCUT2D eigenvalue weighted by atomic mass is 32.2. The summed E-state index contributed by atoms with van der Waals surface area (Å²) in [6.45, 7) is 0.623. The normalized spacial score (nSPS) is 19.5. The molecule has 2 N–H and O–H groups in total. The molecule has 0 bridgehead atoms. The van der Waals surface area contributed by atoms with Crippen molar-refractivity contribution in [2.45, 2.75) is 43.0 Å². The third-order valence-corrected chi connectivity index (χ3v) is 7.62. The van der Waals surface area contributed by atoms with Crippen molar-refractivity contribution >= 4 is 40.3 Å². The Balaban J connectivity index is 1.07. The van der Waals surface area contributed by atoms with Gasteiger partial charge in [0, 0.05) is 28.6 Å². The van der Waals surface area contributed by atoms with E-state index in [9.17, 15) is 9.59 Å². The number of aromatic nitrogens is 2. The monoisotopic (exact) mass is 492 g/mol. The highest BCUT2D eigenvalue weighted by Gasteiger charge is 2.24. The Bertz CT molecular complexity index is 1240. The number of nitrogens with zero attached hydrogens (tertiary/aromatic N) is 2. The van der Waals surface area contributed by atoms with E-state index in [2.05, 4.69) is 20.6 Å². The molecule has 35 heavy (non-hydrogen) atoms. The SMILES string of the molecule is COc1ccc2ncc(OCC[C@H]3CC[C@H](NC(=O)c4ccc5c(c4)NC(=O)CS5)CC3)cc2n1. The quantitative estimate of drug-likeness (QED) is 0.503. The molecule has 9 heteroatoms. The molecule has 1 aliphatic carbocycles. The van der Waals surface area contributed by atoms with Crippen molar-refractivity contribution in [3.8, 4) is 11.6 Å². The van der Waals surface area contributed by atoms with Crippen LogP contribution in [0.2, 0.25) is 0 Å². The smallest absolute Gasteiger partial charge is 0.251 e. The minimum absolute atomic E-state index is 0.0314. The minimum Gasteiger partial charge on any atom is -0.492 e. The molecule has 2 aliphatic rings. The molecule has 2 aromatic heterocycles. The molecule has 1 aliphatic heterocycles. The number of amides is 2. The number of ether oxygens (including phenoxy) is 2. The summed E-state index contributed by atoms with van der Waals surface area (Å²) in [5.41, 5.74) is 2.85. The molecule has 0 atom stereocenters. The molecule has 0 unspecified atom stereocenters. The third kappa shape index (κ3) is 5.67. The topological polar surface area (TPSA) is 102 Å². The van der Waals surface area contributed by atoms with Crippen LogP contribution in [-0.2, 0) is 4.79 Å². The highest BCUT2D eigenvalue weighted by Crippen LogP contribution is 2.32. The maximum atomic E-state index is 12.8. The van der Waals surface area contributed by atoms with Crippen LogP contribution in [-0.4, -0.2) is 47.3 Å². The summed E-state index contributed by atoms with van der Waals surface area (Å²) in [4.78, 5) is 34.2. The van der Waals surface area contributed by atoms with Crippen LogP contribution < -0.4 is 20.1 Å². The molecular formula is C26H28N4O4S. The molecule has 2 amide bonds. The van der Waals surface area contributed by atoms with E-state index in [1.807, 2.05) is 24.3 Å². The summed E-state index contributed by atoms with van der Waals surface area (Å²) in [6.07, 6.45) is 6.71. The van der Waals surface area contributed by atoms with Crippen molar-refractivity contribution in [3.05, 3.63) is 48.2 Å². The lowest BCUT2D eigenvalue weighted by Crippen LogP contribution is -2.37. The summed E-state index contributed by atoms with van der Waals surface area (Å²) in [5.74, 6) is 2.13. The second-order valence-electron chi connectivity index (χ2n) is 8.94. The van der Waals surface area contributed by atoms with Crippen LogP contribution in [0.1, 0.15) is 42.5 Å². The van der Waals surface area contributed by atoms with Crippen LogP contribution in [0.3, 0.4) is 0 Å². The van der Waals surface area contributed by atoms with E-state index in [-0.39, 0.29) is 17.9 Å². The van der Waals surface area contributed by atoms with Gasteiger partial charge in [0.05, 0.1) is 42.4 Å². The number of hydrogen-bond donors (Lipinski definition) is 2. The second kappa shape index (κ2) is 10.5. The molecule has 8 nitrogen and oxygen atoms in total. The molecule has 5 rings (SSSR count). The zero-order chi connectivity index (χ0) is 24.2. The van der Waals surface area contributed by atoms with Crippen molar-refractivity contribution in [1.29, 1.82) is 0 Å². The maximum Gasteiger partial charge on any atom is 0.251 e. The lowest BCUT2D eigenvalue weighted by Gasteiger charge is -2.29. The number of methoxy groups -OCH3 is 1. The van der Waals surface area contributed by atoms with Crippen LogP contribution in [0.15, 0.2) is 47.5 Å². The number of benzene rings is 1. The number of carbonyl (C=O) groups excluding carboxylic acids is 2. The molecule has 0 spiro atoms. The molecule has 1 saturated carbocycles. The number of fused-ring (bicyclic) bond motifs is 2. The van der Waals surface area contributed by atoms with E-state index in [0.29, 0.717) is 35.5 Å². The van der Waals surface area contributed by atoms with Gasteiger partial charge in [0.1, 0.15) is 5.75 Å². The first kappa shape index (κ1) is 23.4. The molecule has 3 heterocycles. The summed E-state index contributed by atoms with van der Waals surface area (Å²) in [6, 6.07) is 11.2. The Morgan fingerprint density at radius 2 is 2.00 bits per heavy atom. The van der Waals surface area contributed by atoms with Gasteiger partial charge in [-0.3, -0.25) is 14.6 Å². The van der Waals surface area contributed by atoms with Gasteiger partial charge in [-0.25, -0.2) is 4.98 Å². The first-order chi connectivity index (χ1) is 17.1. The average molecular weight is 493 g/mol. The molecule has 1 fully saturated rings. The molecule has 0 saturated heterocycles. The van der Waals surface area contributed by atoms with Crippen LogP contribution in [0.25, 0.3) is 11.0 Å². The zero-order valence-electron chi connectivity index (χ0n) is 19.6. The summed E-state index contributed by atoms with van der Waals surface area (Å²) in [7, 11) is 1.59. The van der Waals surface area contributed by atoms with Gasteiger partial charge in [-0.2, -0.15) is 0 Å². The van der Waals surface area contributed by atoms with Crippen LogP contribution in [0.5, 0.6) is 11.6 Å². The van der Waals surface area contributed by atoms with Crippen LogP contribution in [0, 0.1) is 5.92 Å². The number of nitrogens with one attached hydrogen (secondary N) is 2. The van der Waals surface area contributed by atoms with Gasteiger partial charge in [0.15, 0.2) is 0 Å².